The van der Waals surface area contributed by atoms with Gasteiger partial charge in [-0.15, -0.1) is 0 Å². The van der Waals surface area contributed by atoms with Crippen LogP contribution < -0.4 is 0 Å². The van der Waals surface area contributed by atoms with Crippen LogP contribution in [0.1, 0.15) is 12.8 Å². The summed E-state index contributed by atoms with van der Waals surface area (Å²) >= 11 is 8.15. The summed E-state index contributed by atoms with van der Waals surface area (Å²) in [7, 11) is 0. The molecule has 0 bridgehead atoms. The molecule has 0 atom stereocenters. The van der Waals surface area contributed by atoms with Crippen LogP contribution in [0.15, 0.2) is 0 Å². The molecule has 0 radical (unpaired) electrons. The SMILES string of the molecule is CSCCCSCCSCCCSC. The van der Waals surface area contributed by atoms with Crippen LogP contribution in [0, 0.1) is 0 Å². The van der Waals surface area contributed by atoms with Crippen LogP contribution >= 0.6 is 47.0 Å². The van der Waals surface area contributed by atoms with Gasteiger partial charge in [0.15, 0.2) is 0 Å². The van der Waals surface area contributed by atoms with Gasteiger partial charge in [0.25, 0.3) is 0 Å². The van der Waals surface area contributed by atoms with Crippen LogP contribution in [-0.4, -0.2) is 47.0 Å². The van der Waals surface area contributed by atoms with Crippen LogP contribution in [0.5, 0.6) is 0 Å². The number of thioether (sulfide) groups is 4. The molecule has 0 aromatic carbocycles. The van der Waals surface area contributed by atoms with Crippen molar-refractivity contribution in [3.8, 4) is 0 Å². The van der Waals surface area contributed by atoms with E-state index in [2.05, 4.69) is 36.0 Å². The van der Waals surface area contributed by atoms with Crippen LogP contribution in [0.4, 0.5) is 0 Å². The summed E-state index contributed by atoms with van der Waals surface area (Å²) in [6.45, 7) is 0. The number of hydrogen-bond acceptors (Lipinski definition) is 4. The molecule has 0 aliphatic rings. The minimum absolute atomic E-state index is 1.33. The molecule has 86 valence electrons. The fourth-order valence-electron chi connectivity index (χ4n) is 0.933. The van der Waals surface area contributed by atoms with E-state index in [0.717, 1.165) is 0 Å². The molecule has 0 aromatic rings. The second kappa shape index (κ2) is 14.4. The second-order valence-electron chi connectivity index (χ2n) is 2.92. The van der Waals surface area contributed by atoms with E-state index in [1.54, 1.807) is 0 Å². The lowest BCUT2D eigenvalue weighted by Crippen LogP contribution is -1.91. The molecule has 0 fully saturated rings. The van der Waals surface area contributed by atoms with Gasteiger partial charge in [-0.1, -0.05) is 0 Å². The van der Waals surface area contributed by atoms with Crippen molar-refractivity contribution < 1.29 is 0 Å². The molecular formula is C10H22S4. The first-order valence-electron chi connectivity index (χ1n) is 5.05. The van der Waals surface area contributed by atoms with Gasteiger partial charge in [0, 0.05) is 11.5 Å². The minimum Gasteiger partial charge on any atom is -0.165 e. The van der Waals surface area contributed by atoms with E-state index in [0.29, 0.717) is 0 Å². The summed E-state index contributed by atoms with van der Waals surface area (Å²) in [6, 6.07) is 0. The highest BCUT2D eigenvalue weighted by Gasteiger charge is 1.91. The highest BCUT2D eigenvalue weighted by molar-refractivity contribution is 8.03. The molecule has 0 saturated heterocycles. The van der Waals surface area contributed by atoms with Gasteiger partial charge < -0.3 is 0 Å². The van der Waals surface area contributed by atoms with Gasteiger partial charge in [0.1, 0.15) is 0 Å². The molecule has 0 N–H and O–H groups in total. The van der Waals surface area contributed by atoms with Gasteiger partial charge >= 0.3 is 0 Å². The summed E-state index contributed by atoms with van der Waals surface area (Å²) in [5.74, 6) is 8.05. The van der Waals surface area contributed by atoms with Gasteiger partial charge in [-0.3, -0.25) is 0 Å². The van der Waals surface area contributed by atoms with E-state index >= 15 is 0 Å². The third kappa shape index (κ3) is 13.4. The molecule has 0 spiro atoms. The molecule has 0 heterocycles. The molecular weight excluding hydrogens is 248 g/mol. The van der Waals surface area contributed by atoms with Crippen molar-refractivity contribution in [2.75, 3.05) is 47.0 Å². The predicted molar refractivity (Wildman–Crippen MR) is 80.6 cm³/mol. The van der Waals surface area contributed by atoms with Crippen molar-refractivity contribution in [3.05, 3.63) is 0 Å². The van der Waals surface area contributed by atoms with Crippen molar-refractivity contribution >= 4 is 47.0 Å². The van der Waals surface area contributed by atoms with Gasteiger partial charge in [-0.05, 0) is 48.4 Å². The van der Waals surface area contributed by atoms with Gasteiger partial charge in [0.2, 0.25) is 0 Å². The van der Waals surface area contributed by atoms with E-state index in [-0.39, 0.29) is 0 Å². The summed E-state index contributed by atoms with van der Waals surface area (Å²) in [5.41, 5.74) is 0. The van der Waals surface area contributed by atoms with Crippen molar-refractivity contribution in [1.29, 1.82) is 0 Å². The normalized spacial score (nSPS) is 10.7. The Morgan fingerprint density at radius 1 is 0.571 bits per heavy atom. The zero-order valence-electron chi connectivity index (χ0n) is 9.29. The maximum atomic E-state index is 2.19. The fraction of sp³-hybridized carbons (Fsp3) is 1.00. The highest BCUT2D eigenvalue weighted by atomic mass is 32.2. The first-order chi connectivity index (χ1) is 6.91. The maximum Gasteiger partial charge on any atom is 0.00235 e. The first kappa shape index (κ1) is 15.4. The fourth-order valence-corrected chi connectivity index (χ4v) is 4.21. The Labute approximate surface area is 107 Å². The zero-order valence-corrected chi connectivity index (χ0v) is 12.6. The standard InChI is InChI=1S/C10H22S4/c1-11-5-3-7-13-9-10-14-8-4-6-12-2/h3-10H2,1-2H3. The predicted octanol–water partition coefficient (Wildman–Crippen LogP) is 3.96. The van der Waals surface area contributed by atoms with Crippen LogP contribution in [-0.2, 0) is 0 Å². The Kier molecular flexibility index (Phi) is 15.8. The lowest BCUT2D eigenvalue weighted by molar-refractivity contribution is 1.12. The topological polar surface area (TPSA) is 0 Å². The maximum absolute atomic E-state index is 2.19. The van der Waals surface area contributed by atoms with E-state index in [4.69, 9.17) is 0 Å². The van der Waals surface area contributed by atoms with Crippen LogP contribution in [0.2, 0.25) is 0 Å². The largest absolute Gasteiger partial charge is 0.165 e. The first-order valence-corrected chi connectivity index (χ1v) is 10.1. The Morgan fingerprint density at radius 2 is 1.00 bits per heavy atom. The average Bonchev–Trinajstić information content (AvgIpc) is 2.21. The molecule has 0 saturated carbocycles. The van der Waals surface area contributed by atoms with E-state index < -0.39 is 0 Å². The van der Waals surface area contributed by atoms with Gasteiger partial charge in [0.05, 0.1) is 0 Å². The lowest BCUT2D eigenvalue weighted by Gasteiger charge is -2.01. The van der Waals surface area contributed by atoms with Crippen molar-refractivity contribution in [1.82, 2.24) is 0 Å². The zero-order chi connectivity index (χ0) is 10.5. The minimum atomic E-state index is 1.33. The quantitative estimate of drug-likeness (QED) is 0.521. The molecule has 0 aliphatic carbocycles. The van der Waals surface area contributed by atoms with Gasteiger partial charge in [-0.25, -0.2) is 0 Å². The second-order valence-corrected chi connectivity index (χ2v) is 7.34. The van der Waals surface area contributed by atoms with E-state index in [1.807, 2.05) is 23.5 Å². The van der Waals surface area contributed by atoms with Crippen molar-refractivity contribution in [2.24, 2.45) is 0 Å². The summed E-state index contributed by atoms with van der Waals surface area (Å²) in [4.78, 5) is 0. The van der Waals surface area contributed by atoms with Crippen molar-refractivity contribution in [3.63, 3.8) is 0 Å². The van der Waals surface area contributed by atoms with E-state index in [1.165, 1.54) is 47.4 Å². The molecule has 4 heteroatoms. The van der Waals surface area contributed by atoms with Gasteiger partial charge in [-0.2, -0.15) is 47.0 Å². The molecule has 0 aromatic heterocycles. The van der Waals surface area contributed by atoms with Crippen LogP contribution in [0.25, 0.3) is 0 Å². The highest BCUT2D eigenvalue weighted by Crippen LogP contribution is 2.11. The third-order valence-electron chi connectivity index (χ3n) is 1.65. The molecule has 0 rings (SSSR count). The molecule has 0 amide bonds. The van der Waals surface area contributed by atoms with Crippen LogP contribution in [0.3, 0.4) is 0 Å². The van der Waals surface area contributed by atoms with E-state index in [9.17, 15) is 0 Å². The summed E-state index contributed by atoms with van der Waals surface area (Å²) in [6.07, 6.45) is 7.13. The molecule has 0 aliphatic heterocycles. The number of hydrogen-bond donors (Lipinski definition) is 0. The summed E-state index contributed by atoms with van der Waals surface area (Å²) in [5, 5.41) is 0. The molecule has 0 nitrogen and oxygen atoms in total. The summed E-state index contributed by atoms with van der Waals surface area (Å²) < 4.78 is 0. The monoisotopic (exact) mass is 270 g/mol. The smallest absolute Gasteiger partial charge is 0.00235 e. The van der Waals surface area contributed by atoms with Crippen molar-refractivity contribution in [2.45, 2.75) is 12.8 Å². The molecule has 14 heavy (non-hydrogen) atoms. The lowest BCUT2D eigenvalue weighted by atomic mass is 10.6. The Morgan fingerprint density at radius 3 is 1.36 bits per heavy atom. The number of rotatable bonds is 11. The molecule has 0 unspecified atom stereocenters. The average molecular weight is 271 g/mol. The Hall–Kier alpha value is 1.40. The Balaban J connectivity index is 2.78. The Bertz CT molecular complexity index is 86.1. The third-order valence-corrected chi connectivity index (χ3v) is 5.44.